The monoisotopic (exact) mass is 335 g/mol. The van der Waals surface area contributed by atoms with Crippen LogP contribution in [0.25, 0.3) is 12.2 Å². The van der Waals surface area contributed by atoms with E-state index < -0.39 is 0 Å². The maximum atomic E-state index is 12.5. The molecule has 25 heavy (non-hydrogen) atoms. The van der Waals surface area contributed by atoms with E-state index in [1.807, 2.05) is 72.8 Å². The Morgan fingerprint density at radius 1 is 1.20 bits per heavy atom. The lowest BCUT2D eigenvalue weighted by Gasteiger charge is -2.31. The molecule has 0 aliphatic carbocycles. The molecular weight excluding hydrogens is 314 g/mol. The molecule has 0 aromatic heterocycles. The average Bonchev–Trinajstić information content (AvgIpc) is 2.66. The van der Waals surface area contributed by atoms with E-state index in [1.54, 1.807) is 18.9 Å². The third-order valence-electron chi connectivity index (χ3n) is 4.02. The molecule has 0 unspecified atom stereocenters. The number of anilines is 1. The van der Waals surface area contributed by atoms with Gasteiger partial charge in [-0.25, -0.2) is 4.79 Å². The van der Waals surface area contributed by atoms with Gasteiger partial charge in [-0.3, -0.25) is 4.90 Å². The third-order valence-corrected chi connectivity index (χ3v) is 4.02. The van der Waals surface area contributed by atoms with Gasteiger partial charge in [-0.2, -0.15) is 0 Å². The Bertz CT molecular complexity index is 796. The Labute approximate surface area is 148 Å². The summed E-state index contributed by atoms with van der Waals surface area (Å²) in [5.74, 6) is 0.755. The number of carbonyl (C=O) groups is 1. The molecule has 3 rings (SSSR count). The van der Waals surface area contributed by atoms with Gasteiger partial charge in [-0.1, -0.05) is 54.6 Å². The SMILES string of the molecule is CCOC(=O)N1c2ccc(OC)cc2C=C[C@@H]1/C=C/c1ccccc1. The van der Waals surface area contributed by atoms with E-state index in [0.717, 1.165) is 22.6 Å². The van der Waals surface area contributed by atoms with Crippen molar-refractivity contribution in [2.24, 2.45) is 0 Å². The minimum atomic E-state index is -0.360. The number of nitrogens with zero attached hydrogens (tertiary/aromatic N) is 1. The van der Waals surface area contributed by atoms with Crippen molar-refractivity contribution < 1.29 is 14.3 Å². The number of carbonyl (C=O) groups excluding carboxylic acids is 1. The van der Waals surface area contributed by atoms with E-state index in [-0.39, 0.29) is 12.1 Å². The van der Waals surface area contributed by atoms with Crippen molar-refractivity contribution in [3.63, 3.8) is 0 Å². The molecule has 1 heterocycles. The Morgan fingerprint density at radius 2 is 2.00 bits per heavy atom. The molecule has 4 nitrogen and oxygen atoms in total. The highest BCUT2D eigenvalue weighted by atomic mass is 16.6. The molecule has 0 saturated carbocycles. The van der Waals surface area contributed by atoms with Gasteiger partial charge in [0.15, 0.2) is 0 Å². The van der Waals surface area contributed by atoms with Gasteiger partial charge in [0.2, 0.25) is 0 Å². The summed E-state index contributed by atoms with van der Waals surface area (Å²) >= 11 is 0. The van der Waals surface area contributed by atoms with Gasteiger partial charge in [0, 0.05) is 5.56 Å². The minimum absolute atomic E-state index is 0.208. The largest absolute Gasteiger partial charge is 0.497 e. The number of methoxy groups -OCH3 is 1. The lowest BCUT2D eigenvalue weighted by atomic mass is 10.0. The van der Waals surface area contributed by atoms with Gasteiger partial charge >= 0.3 is 6.09 Å². The van der Waals surface area contributed by atoms with Crippen LogP contribution in [0.2, 0.25) is 0 Å². The molecule has 0 N–H and O–H groups in total. The van der Waals surface area contributed by atoms with Crippen LogP contribution in [-0.2, 0) is 4.74 Å². The predicted octanol–water partition coefficient (Wildman–Crippen LogP) is 4.77. The van der Waals surface area contributed by atoms with Crippen LogP contribution in [0, 0.1) is 0 Å². The van der Waals surface area contributed by atoms with Gasteiger partial charge in [0.05, 0.1) is 25.4 Å². The average molecular weight is 335 g/mol. The van der Waals surface area contributed by atoms with Gasteiger partial charge in [0.1, 0.15) is 5.75 Å². The summed E-state index contributed by atoms with van der Waals surface area (Å²) in [6.07, 6.45) is 7.64. The molecule has 0 bridgehead atoms. The van der Waals surface area contributed by atoms with Crippen molar-refractivity contribution in [2.75, 3.05) is 18.6 Å². The third kappa shape index (κ3) is 3.74. The smallest absolute Gasteiger partial charge is 0.415 e. The minimum Gasteiger partial charge on any atom is -0.497 e. The first-order chi connectivity index (χ1) is 12.2. The molecule has 1 aliphatic heterocycles. The summed E-state index contributed by atoms with van der Waals surface area (Å²) in [4.78, 5) is 14.2. The van der Waals surface area contributed by atoms with E-state index in [9.17, 15) is 4.79 Å². The highest BCUT2D eigenvalue weighted by Crippen LogP contribution is 2.33. The topological polar surface area (TPSA) is 38.8 Å². The fourth-order valence-corrected chi connectivity index (χ4v) is 2.80. The second-order valence-electron chi connectivity index (χ2n) is 5.61. The van der Waals surface area contributed by atoms with Gasteiger partial charge in [0.25, 0.3) is 0 Å². The molecule has 1 amide bonds. The maximum absolute atomic E-state index is 12.5. The molecule has 0 saturated heterocycles. The normalized spacial score (nSPS) is 15.9. The number of amides is 1. The molecular formula is C21H21NO3. The first-order valence-electron chi connectivity index (χ1n) is 8.28. The van der Waals surface area contributed by atoms with Crippen molar-refractivity contribution >= 4 is 23.9 Å². The van der Waals surface area contributed by atoms with Crippen molar-refractivity contribution in [1.82, 2.24) is 0 Å². The Morgan fingerprint density at radius 3 is 2.72 bits per heavy atom. The molecule has 0 fully saturated rings. The first kappa shape index (κ1) is 16.8. The highest BCUT2D eigenvalue weighted by molar-refractivity contribution is 5.94. The molecule has 2 aromatic carbocycles. The van der Waals surface area contributed by atoms with Crippen molar-refractivity contribution in [2.45, 2.75) is 13.0 Å². The zero-order valence-electron chi connectivity index (χ0n) is 14.4. The number of benzene rings is 2. The van der Waals surface area contributed by atoms with Crippen LogP contribution in [0.1, 0.15) is 18.1 Å². The molecule has 2 aromatic rings. The molecule has 1 atom stereocenters. The van der Waals surface area contributed by atoms with Crippen LogP contribution < -0.4 is 9.64 Å². The van der Waals surface area contributed by atoms with Crippen molar-refractivity contribution in [1.29, 1.82) is 0 Å². The van der Waals surface area contributed by atoms with Crippen LogP contribution in [0.3, 0.4) is 0 Å². The van der Waals surface area contributed by atoms with E-state index in [1.165, 1.54) is 0 Å². The number of rotatable bonds is 4. The molecule has 0 radical (unpaired) electrons. The molecule has 1 aliphatic rings. The number of hydrogen-bond donors (Lipinski definition) is 0. The number of fused-ring (bicyclic) bond motifs is 1. The van der Waals surface area contributed by atoms with Crippen LogP contribution in [-0.4, -0.2) is 25.9 Å². The molecule has 128 valence electrons. The van der Waals surface area contributed by atoms with Crippen LogP contribution in [0.5, 0.6) is 5.75 Å². The van der Waals surface area contributed by atoms with Crippen LogP contribution in [0.4, 0.5) is 10.5 Å². The summed E-state index contributed by atoms with van der Waals surface area (Å²) in [6, 6.07) is 15.4. The van der Waals surface area contributed by atoms with E-state index >= 15 is 0 Å². The maximum Gasteiger partial charge on any atom is 0.415 e. The second kappa shape index (κ2) is 7.71. The quantitative estimate of drug-likeness (QED) is 0.808. The van der Waals surface area contributed by atoms with E-state index in [2.05, 4.69) is 0 Å². The van der Waals surface area contributed by atoms with Crippen molar-refractivity contribution in [3.8, 4) is 5.75 Å². The summed E-state index contributed by atoms with van der Waals surface area (Å²) in [7, 11) is 1.63. The lowest BCUT2D eigenvalue weighted by molar-refractivity contribution is 0.159. The summed E-state index contributed by atoms with van der Waals surface area (Å²) in [5, 5.41) is 0. The molecule has 0 spiro atoms. The number of hydrogen-bond acceptors (Lipinski definition) is 3. The van der Waals surface area contributed by atoms with E-state index in [0.29, 0.717) is 6.61 Å². The Kier molecular flexibility index (Phi) is 5.19. The zero-order valence-corrected chi connectivity index (χ0v) is 14.4. The Hall–Kier alpha value is -3.01. The first-order valence-corrected chi connectivity index (χ1v) is 8.28. The summed E-state index contributed by atoms with van der Waals surface area (Å²) in [5.41, 5.74) is 2.82. The lowest BCUT2D eigenvalue weighted by Crippen LogP contribution is -2.40. The standard InChI is InChI=1S/C21H21NO3/c1-3-25-21(23)22-18(11-9-16-7-5-4-6-8-16)12-10-17-15-19(24-2)13-14-20(17)22/h4-15,18H,3H2,1-2H3/b11-9+/t18-/m0/s1. The second-order valence-corrected chi connectivity index (χ2v) is 5.61. The van der Waals surface area contributed by atoms with Gasteiger partial charge in [-0.05, 0) is 30.7 Å². The zero-order chi connectivity index (χ0) is 17.6. The summed E-state index contributed by atoms with van der Waals surface area (Å²) < 4.78 is 10.5. The summed E-state index contributed by atoms with van der Waals surface area (Å²) in [6.45, 7) is 2.14. The highest BCUT2D eigenvalue weighted by Gasteiger charge is 2.27. The van der Waals surface area contributed by atoms with Gasteiger partial charge in [-0.15, -0.1) is 0 Å². The van der Waals surface area contributed by atoms with Crippen molar-refractivity contribution in [3.05, 3.63) is 71.8 Å². The number of ether oxygens (including phenoxy) is 2. The molecule has 4 heteroatoms. The van der Waals surface area contributed by atoms with Gasteiger partial charge < -0.3 is 9.47 Å². The Balaban J connectivity index is 1.95. The van der Waals surface area contributed by atoms with E-state index in [4.69, 9.17) is 9.47 Å². The fourth-order valence-electron chi connectivity index (χ4n) is 2.80. The predicted molar refractivity (Wildman–Crippen MR) is 101 cm³/mol. The van der Waals surface area contributed by atoms with Crippen LogP contribution >= 0.6 is 0 Å². The van der Waals surface area contributed by atoms with Crippen LogP contribution in [0.15, 0.2) is 60.7 Å². The fraction of sp³-hybridized carbons (Fsp3) is 0.190.